The fourth-order valence-electron chi connectivity index (χ4n) is 1.64. The number of hydrogen-bond donors (Lipinski definition) is 4. The quantitative estimate of drug-likeness (QED) is 0.275. The van der Waals surface area contributed by atoms with Gasteiger partial charge in [0.25, 0.3) is 0 Å². The Bertz CT molecular complexity index is 529. The number of nitrogens with one attached hydrogen (secondary N) is 4. The molecular weight excluding hydrogens is 370 g/mol. The molecule has 0 saturated heterocycles. The fraction of sp³-hybridized carbons (Fsp3) is 0.562. The van der Waals surface area contributed by atoms with Crippen LogP contribution >= 0.6 is 15.9 Å². The molecule has 1 aromatic rings. The second kappa shape index (κ2) is 11.8. The molecule has 1 saturated carbocycles. The molecule has 1 heterocycles. The summed E-state index contributed by atoms with van der Waals surface area (Å²) in [4.78, 5) is 8.64. The van der Waals surface area contributed by atoms with Crippen molar-refractivity contribution in [1.82, 2.24) is 20.7 Å². The molecule has 24 heavy (non-hydrogen) atoms. The van der Waals surface area contributed by atoms with Gasteiger partial charge in [-0.1, -0.05) is 20.4 Å². The highest BCUT2D eigenvalue weighted by molar-refractivity contribution is 9.10. The molecule has 7 nitrogen and oxygen atoms in total. The van der Waals surface area contributed by atoms with Crippen molar-refractivity contribution in [2.75, 3.05) is 30.8 Å². The molecule has 0 spiro atoms. The number of nitrogens with zero attached hydrogens (tertiary/aromatic N) is 3. The molecule has 2 rings (SSSR count). The van der Waals surface area contributed by atoms with Crippen LogP contribution in [0.15, 0.2) is 28.2 Å². The van der Waals surface area contributed by atoms with Gasteiger partial charge in [0, 0.05) is 19.0 Å². The van der Waals surface area contributed by atoms with Gasteiger partial charge in [-0.25, -0.2) is 4.98 Å². The molecule has 0 atom stereocenters. The summed E-state index contributed by atoms with van der Waals surface area (Å²) < 4.78 is 0.766. The molecule has 1 aliphatic carbocycles. The summed E-state index contributed by atoms with van der Waals surface area (Å²) in [5.74, 6) is 2.42. The van der Waals surface area contributed by atoms with E-state index in [9.17, 15) is 0 Å². The maximum atomic E-state index is 4.41. The standard InChI is InChI=1S/C14H22BrN7.C2H6/c1-10(22-19-8-11-4-5-11)20-13-12(15)9-18-14(21-13)17-7-3-6-16-2;1-2/h8-9,11,16,22H,1,3-7H2,2H3,(H2,17,18,20,21);1-2H3/b19-8+;. The van der Waals surface area contributed by atoms with Gasteiger partial charge >= 0.3 is 0 Å². The zero-order valence-corrected chi connectivity index (χ0v) is 16.3. The number of rotatable bonds is 10. The molecule has 0 aliphatic heterocycles. The van der Waals surface area contributed by atoms with Crippen LogP contribution in [0.1, 0.15) is 33.1 Å². The van der Waals surface area contributed by atoms with Gasteiger partial charge in [0.2, 0.25) is 5.95 Å². The van der Waals surface area contributed by atoms with Crippen LogP contribution in [0.25, 0.3) is 0 Å². The smallest absolute Gasteiger partial charge is 0.224 e. The first kappa shape index (κ1) is 20.4. The molecule has 1 aliphatic rings. The Labute approximate surface area is 152 Å². The van der Waals surface area contributed by atoms with E-state index in [0.29, 0.717) is 23.5 Å². The Hall–Kier alpha value is -1.67. The van der Waals surface area contributed by atoms with Gasteiger partial charge in [-0.2, -0.15) is 10.1 Å². The second-order valence-electron chi connectivity index (χ2n) is 5.10. The maximum absolute atomic E-state index is 4.41. The van der Waals surface area contributed by atoms with Crippen LogP contribution in [0, 0.1) is 5.92 Å². The van der Waals surface area contributed by atoms with E-state index >= 15 is 0 Å². The highest BCUT2D eigenvalue weighted by Gasteiger charge is 2.18. The molecule has 4 N–H and O–H groups in total. The van der Waals surface area contributed by atoms with Crippen molar-refractivity contribution in [2.45, 2.75) is 33.1 Å². The zero-order valence-electron chi connectivity index (χ0n) is 14.7. The van der Waals surface area contributed by atoms with E-state index in [-0.39, 0.29) is 0 Å². The number of anilines is 2. The van der Waals surface area contributed by atoms with Gasteiger partial charge < -0.3 is 16.0 Å². The van der Waals surface area contributed by atoms with E-state index in [1.807, 2.05) is 27.1 Å². The first-order chi connectivity index (χ1) is 11.7. The summed E-state index contributed by atoms with van der Waals surface area (Å²) in [6.45, 7) is 9.64. The Kier molecular flexibility index (Phi) is 10.0. The summed E-state index contributed by atoms with van der Waals surface area (Å²) >= 11 is 3.42. The average Bonchev–Trinajstić information content (AvgIpc) is 3.40. The summed E-state index contributed by atoms with van der Waals surface area (Å²) in [7, 11) is 1.93. The van der Waals surface area contributed by atoms with Crippen LogP contribution in [0.5, 0.6) is 0 Å². The third-order valence-electron chi connectivity index (χ3n) is 3.01. The predicted octanol–water partition coefficient (Wildman–Crippen LogP) is 3.16. The van der Waals surface area contributed by atoms with Crippen LogP contribution in [0.4, 0.5) is 11.8 Å². The van der Waals surface area contributed by atoms with E-state index in [1.165, 1.54) is 12.8 Å². The molecule has 8 heteroatoms. The van der Waals surface area contributed by atoms with Gasteiger partial charge in [0.1, 0.15) is 5.82 Å². The Morgan fingerprint density at radius 3 is 2.83 bits per heavy atom. The summed E-state index contributed by atoms with van der Waals surface area (Å²) in [6, 6.07) is 0. The van der Waals surface area contributed by atoms with E-state index < -0.39 is 0 Å². The first-order valence-electron chi connectivity index (χ1n) is 8.35. The van der Waals surface area contributed by atoms with Gasteiger partial charge in [-0.15, -0.1) is 0 Å². The van der Waals surface area contributed by atoms with Crippen molar-refractivity contribution < 1.29 is 0 Å². The van der Waals surface area contributed by atoms with Gasteiger partial charge in [0.05, 0.1) is 4.47 Å². The normalized spacial score (nSPS) is 13.2. The van der Waals surface area contributed by atoms with Crippen molar-refractivity contribution in [3.63, 3.8) is 0 Å². The predicted molar refractivity (Wildman–Crippen MR) is 105 cm³/mol. The molecule has 0 unspecified atom stereocenters. The minimum absolute atomic E-state index is 0.567. The van der Waals surface area contributed by atoms with Crippen LogP contribution in [-0.4, -0.2) is 36.3 Å². The van der Waals surface area contributed by atoms with Gasteiger partial charge in [0.15, 0.2) is 5.82 Å². The lowest BCUT2D eigenvalue weighted by molar-refractivity contribution is 0.745. The summed E-state index contributed by atoms with van der Waals surface area (Å²) in [6.07, 6.45) is 7.08. The lowest BCUT2D eigenvalue weighted by Crippen LogP contribution is -2.16. The lowest BCUT2D eigenvalue weighted by atomic mass is 10.4. The van der Waals surface area contributed by atoms with E-state index in [1.54, 1.807) is 6.20 Å². The van der Waals surface area contributed by atoms with Gasteiger partial charge in [-0.3, -0.25) is 5.43 Å². The van der Waals surface area contributed by atoms with Crippen LogP contribution < -0.4 is 21.4 Å². The third-order valence-corrected chi connectivity index (χ3v) is 3.59. The van der Waals surface area contributed by atoms with Crippen LogP contribution in [0.3, 0.4) is 0 Å². The van der Waals surface area contributed by atoms with Crippen molar-refractivity contribution >= 4 is 33.9 Å². The van der Waals surface area contributed by atoms with Crippen LogP contribution in [0.2, 0.25) is 0 Å². The highest BCUT2D eigenvalue weighted by Crippen LogP contribution is 2.26. The first-order valence-corrected chi connectivity index (χ1v) is 9.14. The molecule has 0 radical (unpaired) electrons. The Morgan fingerprint density at radius 1 is 1.42 bits per heavy atom. The largest absolute Gasteiger partial charge is 0.354 e. The molecule has 0 amide bonds. The number of hydrazone groups is 1. The summed E-state index contributed by atoms with van der Waals surface area (Å²) in [5.41, 5.74) is 2.86. The molecule has 0 aromatic carbocycles. The van der Waals surface area contributed by atoms with E-state index in [0.717, 1.165) is 24.0 Å². The maximum Gasteiger partial charge on any atom is 0.224 e. The molecular formula is C16H28BrN7. The molecule has 134 valence electrons. The average molecular weight is 398 g/mol. The van der Waals surface area contributed by atoms with Crippen LogP contribution in [-0.2, 0) is 0 Å². The van der Waals surface area contributed by atoms with E-state index in [4.69, 9.17) is 0 Å². The topological polar surface area (TPSA) is 86.3 Å². The molecule has 1 aromatic heterocycles. The monoisotopic (exact) mass is 397 g/mol. The minimum atomic E-state index is 0.567. The highest BCUT2D eigenvalue weighted by atomic mass is 79.9. The van der Waals surface area contributed by atoms with E-state index in [2.05, 4.69) is 59.0 Å². The van der Waals surface area contributed by atoms with Gasteiger partial charge in [-0.05, 0) is 54.7 Å². The third kappa shape index (κ3) is 8.26. The SMILES string of the molecule is C=C(N/N=C/C1CC1)Nc1nc(NCCCNC)ncc1Br.CC. The molecule has 1 fully saturated rings. The fourth-order valence-corrected chi connectivity index (χ4v) is 1.93. The van der Waals surface area contributed by atoms with Crippen molar-refractivity contribution in [3.05, 3.63) is 23.1 Å². The van der Waals surface area contributed by atoms with Crippen molar-refractivity contribution in [2.24, 2.45) is 11.0 Å². The summed E-state index contributed by atoms with van der Waals surface area (Å²) in [5, 5.41) is 13.5. The minimum Gasteiger partial charge on any atom is -0.354 e. The van der Waals surface area contributed by atoms with Crippen molar-refractivity contribution in [1.29, 1.82) is 0 Å². The molecule has 0 bridgehead atoms. The van der Waals surface area contributed by atoms with Crippen molar-refractivity contribution in [3.8, 4) is 0 Å². The lowest BCUT2D eigenvalue weighted by Gasteiger charge is -2.11. The number of hydrogen-bond acceptors (Lipinski definition) is 7. The zero-order chi connectivity index (χ0) is 17.8. The number of halogens is 1. The number of aromatic nitrogens is 2. The second-order valence-corrected chi connectivity index (χ2v) is 5.96. The Morgan fingerprint density at radius 2 is 2.17 bits per heavy atom. The Balaban J connectivity index is 0.00000139.